The number of hydrogen-bond donors (Lipinski definition) is 0. The molecule has 0 aromatic carbocycles. The Hall–Kier alpha value is 0. The molecule has 110 valence electrons. The maximum Gasteiger partial charge on any atom is -0.0383 e. The first-order valence-electron chi connectivity index (χ1n) is 7.80. The summed E-state index contributed by atoms with van der Waals surface area (Å²) in [6.07, 6.45) is 7.82. The maximum atomic E-state index is 2.29. The molecule has 0 spiro atoms. The van der Waals surface area contributed by atoms with Gasteiger partial charge in [-0.3, -0.25) is 0 Å². The van der Waals surface area contributed by atoms with Crippen LogP contribution in [0.25, 0.3) is 0 Å². The second-order valence-corrected chi connectivity index (χ2v) is 5.79. The van der Waals surface area contributed by atoms with Crippen molar-refractivity contribution in [2.24, 2.45) is 5.41 Å². The summed E-state index contributed by atoms with van der Waals surface area (Å²) in [7, 11) is 0. The highest BCUT2D eigenvalue weighted by Crippen LogP contribution is 2.20. The molecule has 0 amide bonds. The lowest BCUT2D eigenvalue weighted by Crippen LogP contribution is -2.03. The topological polar surface area (TPSA) is 0 Å². The smallest absolute Gasteiger partial charge is 0.0383 e. The monoisotopic (exact) mass is 246 g/mol. The fourth-order valence-electron chi connectivity index (χ4n) is 0.707. The molecule has 0 unspecified atom stereocenters. The van der Waals surface area contributed by atoms with Crippen LogP contribution in [0.3, 0.4) is 0 Å². The van der Waals surface area contributed by atoms with Crippen molar-refractivity contribution in [1.29, 1.82) is 0 Å². The standard InChI is InChI=1S/C8H18.3C3H8/c1-5-6-7-8(2,3)4;3*1-3-2/h5-7H2,1-4H3;3*3H2,1-2H3. The Labute approximate surface area is 114 Å². The summed E-state index contributed by atoms with van der Waals surface area (Å²) in [5.41, 5.74) is 0.552. The van der Waals surface area contributed by atoms with Crippen LogP contribution in [-0.2, 0) is 0 Å². The van der Waals surface area contributed by atoms with E-state index in [0.29, 0.717) is 5.41 Å². The van der Waals surface area contributed by atoms with E-state index in [1.54, 1.807) is 0 Å². The van der Waals surface area contributed by atoms with E-state index in [1.807, 2.05) is 0 Å². The third-order valence-corrected chi connectivity index (χ3v) is 1.28. The van der Waals surface area contributed by atoms with Gasteiger partial charge >= 0.3 is 0 Å². The Balaban J connectivity index is -0.0000000784. The van der Waals surface area contributed by atoms with Gasteiger partial charge in [0.05, 0.1) is 0 Å². The Morgan fingerprint density at radius 3 is 0.882 bits per heavy atom. The Morgan fingerprint density at radius 1 is 0.588 bits per heavy atom. The Bertz CT molecular complexity index is 71.8. The van der Waals surface area contributed by atoms with Crippen LogP contribution in [0.15, 0.2) is 0 Å². The lowest BCUT2D eigenvalue weighted by Gasteiger charge is -2.16. The van der Waals surface area contributed by atoms with Crippen molar-refractivity contribution in [3.8, 4) is 0 Å². The fourth-order valence-corrected chi connectivity index (χ4v) is 0.707. The maximum absolute atomic E-state index is 2.29. The largest absolute Gasteiger partial charge is 0.0656 e. The van der Waals surface area contributed by atoms with Gasteiger partial charge in [0.1, 0.15) is 0 Å². The van der Waals surface area contributed by atoms with Crippen LogP contribution >= 0.6 is 0 Å². The first-order valence-corrected chi connectivity index (χ1v) is 7.80. The molecule has 0 atom stereocenters. The van der Waals surface area contributed by atoms with Gasteiger partial charge in [0.2, 0.25) is 0 Å². The minimum absolute atomic E-state index is 0.552. The molecule has 0 aliphatic carbocycles. The minimum Gasteiger partial charge on any atom is -0.0656 e. The third-order valence-electron chi connectivity index (χ3n) is 1.28. The molecule has 0 saturated carbocycles. The summed E-state index contributed by atoms with van der Waals surface area (Å²) >= 11 is 0. The highest BCUT2D eigenvalue weighted by Gasteiger charge is 2.07. The summed E-state index contributed by atoms with van der Waals surface area (Å²) in [5, 5.41) is 0. The van der Waals surface area contributed by atoms with Gasteiger partial charge in [-0.25, -0.2) is 0 Å². The normalized spacial score (nSPS) is 8.82. The van der Waals surface area contributed by atoms with E-state index in [-0.39, 0.29) is 0 Å². The lowest BCUT2D eigenvalue weighted by molar-refractivity contribution is 0.363. The average molecular weight is 247 g/mol. The Morgan fingerprint density at radius 2 is 0.824 bits per heavy atom. The van der Waals surface area contributed by atoms with Gasteiger partial charge in [-0.05, 0) is 11.8 Å². The van der Waals surface area contributed by atoms with Gasteiger partial charge < -0.3 is 0 Å². The molecule has 0 N–H and O–H groups in total. The highest BCUT2D eigenvalue weighted by molar-refractivity contribution is 4.59. The molecule has 0 aromatic heterocycles. The first kappa shape index (κ1) is 25.8. The van der Waals surface area contributed by atoms with E-state index < -0.39 is 0 Å². The number of unbranched alkanes of at least 4 members (excludes halogenated alkanes) is 1. The molecular formula is C17H42. The van der Waals surface area contributed by atoms with Crippen molar-refractivity contribution in [2.75, 3.05) is 0 Å². The van der Waals surface area contributed by atoms with Gasteiger partial charge in [-0.2, -0.15) is 0 Å². The van der Waals surface area contributed by atoms with Crippen molar-refractivity contribution in [3.63, 3.8) is 0 Å². The van der Waals surface area contributed by atoms with E-state index in [4.69, 9.17) is 0 Å². The zero-order chi connectivity index (χ0) is 14.7. The van der Waals surface area contributed by atoms with E-state index in [2.05, 4.69) is 69.2 Å². The van der Waals surface area contributed by atoms with Crippen LogP contribution in [0.5, 0.6) is 0 Å². The van der Waals surface area contributed by atoms with Crippen molar-refractivity contribution in [1.82, 2.24) is 0 Å². The van der Waals surface area contributed by atoms with Crippen molar-refractivity contribution in [3.05, 3.63) is 0 Å². The predicted octanol–water partition coefficient (Wildman–Crippen LogP) is 7.47. The van der Waals surface area contributed by atoms with Gasteiger partial charge in [-0.15, -0.1) is 0 Å². The molecule has 0 bridgehead atoms. The zero-order valence-electron chi connectivity index (χ0n) is 14.7. The fraction of sp³-hybridized carbons (Fsp3) is 1.00. The molecule has 17 heavy (non-hydrogen) atoms. The summed E-state index contributed by atoms with van der Waals surface area (Å²) in [4.78, 5) is 0. The summed E-state index contributed by atoms with van der Waals surface area (Å²) in [6.45, 7) is 21.9. The second kappa shape index (κ2) is 25.0. The molecule has 0 fully saturated rings. The summed E-state index contributed by atoms with van der Waals surface area (Å²) < 4.78 is 0. The van der Waals surface area contributed by atoms with Gasteiger partial charge in [0.25, 0.3) is 0 Å². The van der Waals surface area contributed by atoms with Crippen LogP contribution in [0.1, 0.15) is 108 Å². The van der Waals surface area contributed by atoms with E-state index in [1.165, 1.54) is 38.5 Å². The van der Waals surface area contributed by atoms with Crippen molar-refractivity contribution >= 4 is 0 Å². The quantitative estimate of drug-likeness (QED) is 0.474. The lowest BCUT2D eigenvalue weighted by atomic mass is 9.90. The molecule has 0 aromatic rings. The van der Waals surface area contributed by atoms with Crippen LogP contribution in [0.4, 0.5) is 0 Å². The van der Waals surface area contributed by atoms with Crippen LogP contribution in [0.2, 0.25) is 0 Å². The van der Waals surface area contributed by atoms with E-state index >= 15 is 0 Å². The van der Waals surface area contributed by atoms with Crippen molar-refractivity contribution < 1.29 is 0 Å². The van der Waals surface area contributed by atoms with Gasteiger partial charge in [-0.1, -0.05) is 101 Å². The molecule has 0 aliphatic heterocycles. The van der Waals surface area contributed by atoms with E-state index in [9.17, 15) is 0 Å². The molecule has 0 heterocycles. The first-order chi connectivity index (χ1) is 7.80. The molecule has 0 radical (unpaired) electrons. The van der Waals surface area contributed by atoms with Crippen LogP contribution in [-0.4, -0.2) is 0 Å². The summed E-state index contributed by atoms with van der Waals surface area (Å²) in [5.74, 6) is 0. The highest BCUT2D eigenvalue weighted by atomic mass is 14.1. The molecule has 0 saturated heterocycles. The molecule has 0 nitrogen and oxygen atoms in total. The zero-order valence-corrected chi connectivity index (χ0v) is 14.7. The number of rotatable bonds is 2. The van der Waals surface area contributed by atoms with Gasteiger partial charge in [0, 0.05) is 0 Å². The van der Waals surface area contributed by atoms with Crippen LogP contribution < -0.4 is 0 Å². The second-order valence-electron chi connectivity index (χ2n) is 5.79. The molecular weight excluding hydrogens is 204 g/mol. The molecule has 0 aliphatic rings. The van der Waals surface area contributed by atoms with Gasteiger partial charge in [0.15, 0.2) is 0 Å². The Kier molecular flexibility index (Phi) is 37.9. The molecule has 0 rings (SSSR count). The minimum atomic E-state index is 0.552. The third kappa shape index (κ3) is 125. The average Bonchev–Trinajstić information content (AvgIpc) is 2.17. The predicted molar refractivity (Wildman–Crippen MR) is 86.9 cm³/mol. The van der Waals surface area contributed by atoms with Crippen LogP contribution in [0, 0.1) is 5.41 Å². The van der Waals surface area contributed by atoms with Crippen molar-refractivity contribution in [2.45, 2.75) is 108 Å². The SMILES string of the molecule is CCC.CCC.CCC.CCCCC(C)(C)C. The molecule has 0 heteroatoms. The summed E-state index contributed by atoms with van der Waals surface area (Å²) in [6, 6.07) is 0. The van der Waals surface area contributed by atoms with E-state index in [0.717, 1.165) is 0 Å². The number of hydrogen-bond acceptors (Lipinski definition) is 0.